The number of hydrogen-bond donors (Lipinski definition) is 0. The SMILES string of the molecule is C[C@H]1CN(C(=O)/C(=C\c2ccccc2)c2ccc(Cl)cc2)C[C@H](C)O1. The molecule has 0 aliphatic carbocycles. The van der Waals surface area contributed by atoms with E-state index in [1.165, 1.54) is 0 Å². The van der Waals surface area contributed by atoms with Crippen LogP contribution in [0.5, 0.6) is 0 Å². The van der Waals surface area contributed by atoms with Crippen molar-refractivity contribution in [2.24, 2.45) is 0 Å². The number of amides is 1. The first kappa shape index (κ1) is 17.7. The Balaban J connectivity index is 1.97. The summed E-state index contributed by atoms with van der Waals surface area (Å²) in [4.78, 5) is 15.1. The number of halogens is 1. The smallest absolute Gasteiger partial charge is 0.254 e. The summed E-state index contributed by atoms with van der Waals surface area (Å²) in [6.45, 7) is 5.20. The molecule has 1 aliphatic heterocycles. The molecule has 0 unspecified atom stereocenters. The van der Waals surface area contributed by atoms with Gasteiger partial charge in [0.05, 0.1) is 12.2 Å². The highest BCUT2D eigenvalue weighted by molar-refractivity contribution is 6.31. The van der Waals surface area contributed by atoms with E-state index in [-0.39, 0.29) is 18.1 Å². The molecule has 1 amide bonds. The zero-order valence-electron chi connectivity index (χ0n) is 14.5. The van der Waals surface area contributed by atoms with Crippen LogP contribution in [0.3, 0.4) is 0 Å². The van der Waals surface area contributed by atoms with Gasteiger partial charge < -0.3 is 9.64 Å². The minimum absolute atomic E-state index is 0.0215. The van der Waals surface area contributed by atoms with E-state index in [0.717, 1.165) is 11.1 Å². The fourth-order valence-electron chi connectivity index (χ4n) is 3.13. The Labute approximate surface area is 153 Å². The number of ether oxygens (including phenoxy) is 1. The number of morpholine rings is 1. The van der Waals surface area contributed by atoms with E-state index in [1.54, 1.807) is 0 Å². The van der Waals surface area contributed by atoms with Gasteiger partial charge in [-0.2, -0.15) is 0 Å². The molecule has 1 aliphatic rings. The highest BCUT2D eigenvalue weighted by Gasteiger charge is 2.28. The Bertz CT molecular complexity index is 745. The summed E-state index contributed by atoms with van der Waals surface area (Å²) in [5, 5.41) is 0.656. The molecule has 4 heteroatoms. The Morgan fingerprint density at radius 3 is 2.24 bits per heavy atom. The lowest BCUT2D eigenvalue weighted by Crippen LogP contribution is -2.48. The molecule has 3 rings (SSSR count). The fourth-order valence-corrected chi connectivity index (χ4v) is 3.25. The third-order valence-corrected chi connectivity index (χ3v) is 4.46. The van der Waals surface area contributed by atoms with E-state index < -0.39 is 0 Å². The quantitative estimate of drug-likeness (QED) is 0.598. The van der Waals surface area contributed by atoms with Gasteiger partial charge in [0.15, 0.2) is 0 Å². The minimum Gasteiger partial charge on any atom is -0.372 e. The third kappa shape index (κ3) is 4.50. The molecule has 0 N–H and O–H groups in total. The molecule has 1 saturated heterocycles. The lowest BCUT2D eigenvalue weighted by atomic mass is 10.0. The number of carbonyl (C=O) groups is 1. The van der Waals surface area contributed by atoms with Gasteiger partial charge in [-0.25, -0.2) is 0 Å². The molecule has 0 bridgehead atoms. The van der Waals surface area contributed by atoms with Crippen molar-refractivity contribution in [3.8, 4) is 0 Å². The molecule has 2 atom stereocenters. The Morgan fingerprint density at radius 2 is 1.64 bits per heavy atom. The van der Waals surface area contributed by atoms with Crippen LogP contribution in [0.15, 0.2) is 54.6 Å². The van der Waals surface area contributed by atoms with Crippen LogP contribution in [0.25, 0.3) is 11.6 Å². The molecule has 0 saturated carbocycles. The number of nitrogens with zero attached hydrogens (tertiary/aromatic N) is 1. The van der Waals surface area contributed by atoms with Gasteiger partial charge in [-0.15, -0.1) is 0 Å². The molecule has 2 aromatic rings. The second-order valence-electron chi connectivity index (χ2n) is 6.44. The standard InChI is InChI=1S/C21H22ClNO2/c1-15-13-23(14-16(2)25-15)21(24)20(12-17-6-4-3-5-7-17)18-8-10-19(22)11-9-18/h3-12,15-16H,13-14H2,1-2H3/b20-12-/t15-,16-/m0/s1. The van der Waals surface area contributed by atoms with Crippen molar-refractivity contribution in [2.45, 2.75) is 26.1 Å². The molecule has 3 nitrogen and oxygen atoms in total. The van der Waals surface area contributed by atoms with Crippen LogP contribution in [0, 0.1) is 0 Å². The first-order valence-electron chi connectivity index (χ1n) is 8.50. The van der Waals surface area contributed by atoms with Crippen LogP contribution in [-0.2, 0) is 9.53 Å². The summed E-state index contributed by atoms with van der Waals surface area (Å²) in [7, 11) is 0. The van der Waals surface area contributed by atoms with Crippen molar-refractivity contribution in [1.29, 1.82) is 0 Å². The summed E-state index contributed by atoms with van der Waals surface area (Å²) in [6.07, 6.45) is 2.02. The average Bonchev–Trinajstić information content (AvgIpc) is 2.60. The van der Waals surface area contributed by atoms with Gasteiger partial charge in [-0.1, -0.05) is 54.1 Å². The highest BCUT2D eigenvalue weighted by atomic mass is 35.5. The number of hydrogen-bond acceptors (Lipinski definition) is 2. The third-order valence-electron chi connectivity index (χ3n) is 4.20. The first-order valence-corrected chi connectivity index (χ1v) is 8.88. The van der Waals surface area contributed by atoms with Crippen molar-refractivity contribution < 1.29 is 9.53 Å². The van der Waals surface area contributed by atoms with E-state index in [2.05, 4.69) is 0 Å². The van der Waals surface area contributed by atoms with Gasteiger partial charge in [0.1, 0.15) is 0 Å². The topological polar surface area (TPSA) is 29.5 Å². The minimum atomic E-state index is 0.0215. The van der Waals surface area contributed by atoms with Crippen molar-refractivity contribution in [3.63, 3.8) is 0 Å². The fraction of sp³-hybridized carbons (Fsp3) is 0.286. The Morgan fingerprint density at radius 1 is 1.04 bits per heavy atom. The lowest BCUT2D eigenvalue weighted by Gasteiger charge is -2.35. The van der Waals surface area contributed by atoms with Gasteiger partial charge >= 0.3 is 0 Å². The maximum Gasteiger partial charge on any atom is 0.254 e. The van der Waals surface area contributed by atoms with Gasteiger partial charge in [0.2, 0.25) is 0 Å². The maximum absolute atomic E-state index is 13.2. The van der Waals surface area contributed by atoms with Crippen LogP contribution in [0.2, 0.25) is 5.02 Å². The normalized spacial score (nSPS) is 21.2. The van der Waals surface area contributed by atoms with Crippen LogP contribution in [-0.4, -0.2) is 36.1 Å². The average molecular weight is 356 g/mol. The molecular weight excluding hydrogens is 334 g/mol. The van der Waals surface area contributed by atoms with E-state index in [1.807, 2.05) is 79.4 Å². The largest absolute Gasteiger partial charge is 0.372 e. The molecule has 25 heavy (non-hydrogen) atoms. The number of carbonyl (C=O) groups excluding carboxylic acids is 1. The summed E-state index contributed by atoms with van der Waals surface area (Å²) in [6, 6.07) is 17.3. The van der Waals surface area contributed by atoms with Crippen LogP contribution >= 0.6 is 11.6 Å². The first-order chi connectivity index (χ1) is 12.0. The molecule has 130 valence electrons. The van der Waals surface area contributed by atoms with Crippen LogP contribution in [0.4, 0.5) is 0 Å². The van der Waals surface area contributed by atoms with Gasteiger partial charge in [-0.05, 0) is 43.2 Å². The van der Waals surface area contributed by atoms with E-state index in [4.69, 9.17) is 16.3 Å². The summed E-state index contributed by atoms with van der Waals surface area (Å²) in [5.74, 6) is 0.0215. The lowest BCUT2D eigenvalue weighted by molar-refractivity contribution is -0.136. The predicted octanol–water partition coefficient (Wildman–Crippen LogP) is 4.52. The zero-order valence-corrected chi connectivity index (χ0v) is 15.2. The molecule has 1 fully saturated rings. The van der Waals surface area contributed by atoms with Crippen LogP contribution < -0.4 is 0 Å². The van der Waals surface area contributed by atoms with Crippen molar-refractivity contribution >= 4 is 29.2 Å². The Hall–Kier alpha value is -2.10. The molecular formula is C21H22ClNO2. The Kier molecular flexibility index (Phi) is 5.57. The van der Waals surface area contributed by atoms with Gasteiger partial charge in [0.25, 0.3) is 5.91 Å². The summed E-state index contributed by atoms with van der Waals surface area (Å²) < 4.78 is 5.76. The second kappa shape index (κ2) is 7.85. The molecule has 2 aromatic carbocycles. The predicted molar refractivity (Wildman–Crippen MR) is 102 cm³/mol. The molecule has 1 heterocycles. The molecule has 0 spiro atoms. The van der Waals surface area contributed by atoms with Crippen molar-refractivity contribution in [1.82, 2.24) is 4.90 Å². The van der Waals surface area contributed by atoms with E-state index in [9.17, 15) is 4.79 Å². The number of benzene rings is 2. The van der Waals surface area contributed by atoms with Gasteiger partial charge in [0, 0.05) is 23.7 Å². The van der Waals surface area contributed by atoms with Crippen molar-refractivity contribution in [3.05, 3.63) is 70.7 Å². The molecule has 0 aromatic heterocycles. The van der Waals surface area contributed by atoms with E-state index >= 15 is 0 Å². The van der Waals surface area contributed by atoms with Gasteiger partial charge in [-0.3, -0.25) is 4.79 Å². The number of rotatable bonds is 3. The molecule has 0 radical (unpaired) electrons. The highest BCUT2D eigenvalue weighted by Crippen LogP contribution is 2.24. The van der Waals surface area contributed by atoms with Crippen molar-refractivity contribution in [2.75, 3.05) is 13.1 Å². The van der Waals surface area contributed by atoms with E-state index in [0.29, 0.717) is 23.7 Å². The zero-order chi connectivity index (χ0) is 17.8. The summed E-state index contributed by atoms with van der Waals surface area (Å²) >= 11 is 6.01. The van der Waals surface area contributed by atoms with Crippen LogP contribution in [0.1, 0.15) is 25.0 Å². The second-order valence-corrected chi connectivity index (χ2v) is 6.88. The summed E-state index contributed by atoms with van der Waals surface area (Å²) in [5.41, 5.74) is 2.53. The monoisotopic (exact) mass is 355 g/mol. The maximum atomic E-state index is 13.2.